The van der Waals surface area contributed by atoms with Crippen LogP contribution in [0, 0.1) is 0 Å². The van der Waals surface area contributed by atoms with Gasteiger partial charge in [-0.3, -0.25) is 19.3 Å². The molecule has 0 N–H and O–H groups in total. The van der Waals surface area contributed by atoms with Gasteiger partial charge in [0.15, 0.2) is 0 Å². The lowest BCUT2D eigenvalue weighted by atomic mass is 9.83. The molecule has 6 aromatic rings. The number of carbonyl (C=O) groups excluding carboxylic acids is 2. The average Bonchev–Trinajstić information content (AvgIpc) is 2.98. The summed E-state index contributed by atoms with van der Waals surface area (Å²) in [6, 6.07) is 16.0. The third-order valence-corrected chi connectivity index (χ3v) is 9.47. The quantitative estimate of drug-likeness (QED) is 0.129. The van der Waals surface area contributed by atoms with E-state index in [2.05, 4.69) is 32.6 Å². The molecule has 1 aromatic heterocycles. The highest BCUT2D eigenvalue weighted by atomic mass is 16.2. The van der Waals surface area contributed by atoms with E-state index in [4.69, 9.17) is 0 Å². The zero-order valence-corrected chi connectivity index (χ0v) is 23.4. The zero-order chi connectivity index (χ0) is 28.0. The van der Waals surface area contributed by atoms with Crippen molar-refractivity contribution < 1.29 is 9.59 Å². The van der Waals surface area contributed by atoms with Gasteiger partial charge in [-0.25, -0.2) is 0 Å². The molecule has 200 valence electrons. The molecule has 0 aliphatic carbocycles. The molecule has 2 amide bonds. The fraction of sp³-hybridized carbons (Fsp3) is 0.286. The first-order valence-corrected chi connectivity index (χ1v) is 14.5. The van der Waals surface area contributed by atoms with Gasteiger partial charge in [0.2, 0.25) is 0 Å². The average molecular weight is 529 g/mol. The van der Waals surface area contributed by atoms with Crippen LogP contribution in [0.4, 0.5) is 0 Å². The summed E-state index contributed by atoms with van der Waals surface area (Å²) in [6.45, 7) is 12.6. The Balaban J connectivity index is 1.63. The third kappa shape index (κ3) is 2.90. The van der Waals surface area contributed by atoms with Crippen molar-refractivity contribution in [3.05, 3.63) is 75.4 Å². The van der Waals surface area contributed by atoms with E-state index in [-0.39, 0.29) is 29.5 Å². The Kier molecular flexibility index (Phi) is 5.34. The van der Waals surface area contributed by atoms with E-state index < -0.39 is 0 Å². The molecule has 0 bridgehead atoms. The highest BCUT2D eigenvalue weighted by Crippen LogP contribution is 2.45. The predicted molar refractivity (Wildman–Crippen MR) is 165 cm³/mol. The van der Waals surface area contributed by atoms with Crippen LogP contribution in [-0.2, 0) is 0 Å². The van der Waals surface area contributed by atoms with E-state index in [1.807, 2.05) is 54.8 Å². The SMILES string of the molecule is C=c1c2ccc3c4ccc5c6c(ccc(c7ccc(c(=O)n1C(CC)CC)c2c37)c64)C(=O)N(C(CC)CC)C5=O. The van der Waals surface area contributed by atoms with Gasteiger partial charge in [-0.1, -0.05) is 64.6 Å². The lowest BCUT2D eigenvalue weighted by Crippen LogP contribution is -2.46. The minimum absolute atomic E-state index is 0.00336. The maximum atomic E-state index is 13.9. The molecular weight excluding hydrogens is 496 g/mol. The van der Waals surface area contributed by atoms with E-state index in [0.29, 0.717) is 16.5 Å². The number of pyridine rings is 1. The first kappa shape index (κ1) is 24.8. The number of carbonyl (C=O) groups is 2. The van der Waals surface area contributed by atoms with E-state index >= 15 is 0 Å². The second-order valence-electron chi connectivity index (χ2n) is 11.2. The largest absolute Gasteiger partial charge is 0.305 e. The van der Waals surface area contributed by atoms with Gasteiger partial charge in [0.25, 0.3) is 17.4 Å². The van der Waals surface area contributed by atoms with Crippen LogP contribution in [0.25, 0.3) is 60.4 Å². The standard InChI is InChI=1S/C35H32N2O3/c1-6-19(7-2)36-18(5)21-10-11-22-24-13-16-27-32-28(35(40)37(34(27)39)20(8-3)9-4)17-14-25(31(24)32)23-12-15-26(33(36)38)29(21)30(22)23/h10-17,19-20H,5-9H2,1-4H3. The smallest absolute Gasteiger partial charge is 0.261 e. The van der Waals surface area contributed by atoms with Crippen LogP contribution in [0.1, 0.15) is 80.1 Å². The first-order chi connectivity index (χ1) is 19.4. The van der Waals surface area contributed by atoms with Gasteiger partial charge in [0, 0.05) is 50.1 Å². The summed E-state index contributed by atoms with van der Waals surface area (Å²) in [5.41, 5.74) is 1.17. The molecule has 0 spiro atoms. The van der Waals surface area contributed by atoms with Gasteiger partial charge in [-0.05, 0) is 76.2 Å². The van der Waals surface area contributed by atoms with Crippen LogP contribution in [0.15, 0.2) is 53.3 Å². The minimum Gasteiger partial charge on any atom is -0.305 e. The van der Waals surface area contributed by atoms with Crippen molar-refractivity contribution >= 4 is 72.3 Å². The minimum atomic E-state index is -0.214. The van der Waals surface area contributed by atoms with Crippen molar-refractivity contribution in [1.29, 1.82) is 0 Å². The van der Waals surface area contributed by atoms with E-state index in [9.17, 15) is 14.4 Å². The second-order valence-corrected chi connectivity index (χ2v) is 11.2. The number of rotatable bonds is 6. The first-order valence-electron chi connectivity index (χ1n) is 14.5. The Labute approximate surface area is 232 Å². The molecule has 0 atom stereocenters. The van der Waals surface area contributed by atoms with Crippen molar-refractivity contribution in [3.63, 3.8) is 0 Å². The topological polar surface area (TPSA) is 59.4 Å². The Morgan fingerprint density at radius 1 is 0.550 bits per heavy atom. The lowest BCUT2D eigenvalue weighted by molar-refractivity contribution is 0.0530. The molecule has 1 aliphatic heterocycles. The molecule has 0 unspecified atom stereocenters. The van der Waals surface area contributed by atoms with Crippen molar-refractivity contribution in [2.24, 2.45) is 0 Å². The van der Waals surface area contributed by atoms with Crippen LogP contribution in [0.3, 0.4) is 0 Å². The molecule has 0 saturated heterocycles. The summed E-state index contributed by atoms with van der Waals surface area (Å²) < 4.78 is 1.88. The van der Waals surface area contributed by atoms with Crippen LogP contribution < -0.4 is 10.9 Å². The molecule has 7 rings (SSSR count). The molecule has 0 saturated carbocycles. The summed E-state index contributed by atoms with van der Waals surface area (Å²) in [4.78, 5) is 42.8. The molecule has 40 heavy (non-hydrogen) atoms. The maximum Gasteiger partial charge on any atom is 0.261 e. The molecule has 5 nitrogen and oxygen atoms in total. The maximum absolute atomic E-state index is 13.9. The van der Waals surface area contributed by atoms with E-state index in [0.717, 1.165) is 79.5 Å². The van der Waals surface area contributed by atoms with Crippen LogP contribution in [-0.4, -0.2) is 27.3 Å². The molecule has 5 aromatic carbocycles. The van der Waals surface area contributed by atoms with Gasteiger partial charge < -0.3 is 4.57 Å². The number of nitrogens with zero attached hydrogens (tertiary/aromatic N) is 2. The number of amides is 2. The Morgan fingerprint density at radius 3 is 1.45 bits per heavy atom. The molecular formula is C35H32N2O3. The summed E-state index contributed by atoms with van der Waals surface area (Å²) >= 11 is 0. The molecule has 5 heteroatoms. The summed E-state index contributed by atoms with van der Waals surface area (Å²) in [6.07, 6.45) is 3.17. The number of aromatic nitrogens is 1. The number of fused-ring (bicyclic) bond motifs is 2. The zero-order valence-electron chi connectivity index (χ0n) is 23.4. The fourth-order valence-corrected chi connectivity index (χ4v) is 7.42. The van der Waals surface area contributed by atoms with Gasteiger partial charge in [0.1, 0.15) is 0 Å². The molecule has 1 aliphatic rings. The number of benzene rings is 5. The van der Waals surface area contributed by atoms with Gasteiger partial charge in [-0.15, -0.1) is 0 Å². The van der Waals surface area contributed by atoms with Gasteiger partial charge in [0.05, 0.1) is 0 Å². The number of hydrogen-bond acceptors (Lipinski definition) is 3. The van der Waals surface area contributed by atoms with Gasteiger partial charge >= 0.3 is 0 Å². The normalized spacial score (nSPS) is 14.1. The van der Waals surface area contributed by atoms with Crippen molar-refractivity contribution in [1.82, 2.24) is 9.47 Å². The summed E-state index contributed by atoms with van der Waals surface area (Å²) in [7, 11) is 0. The third-order valence-electron chi connectivity index (χ3n) is 9.47. The Hall–Kier alpha value is -4.25. The number of imide groups is 1. The van der Waals surface area contributed by atoms with Crippen LogP contribution >= 0.6 is 0 Å². The van der Waals surface area contributed by atoms with E-state index in [1.165, 1.54) is 4.90 Å². The number of hydrogen-bond donors (Lipinski definition) is 0. The fourth-order valence-electron chi connectivity index (χ4n) is 7.42. The van der Waals surface area contributed by atoms with Crippen LogP contribution in [0.2, 0.25) is 0 Å². The van der Waals surface area contributed by atoms with Crippen molar-refractivity contribution in [2.75, 3.05) is 0 Å². The highest BCUT2D eigenvalue weighted by molar-refractivity contribution is 6.40. The predicted octanol–water partition coefficient (Wildman–Crippen LogP) is 7.33. The summed E-state index contributed by atoms with van der Waals surface area (Å²) in [5, 5.41) is 10.1. The molecule has 0 radical (unpaired) electrons. The second kappa shape index (κ2) is 8.62. The van der Waals surface area contributed by atoms with Crippen LogP contribution in [0.5, 0.6) is 0 Å². The van der Waals surface area contributed by atoms with Crippen molar-refractivity contribution in [3.8, 4) is 0 Å². The van der Waals surface area contributed by atoms with Gasteiger partial charge in [-0.2, -0.15) is 0 Å². The monoisotopic (exact) mass is 528 g/mol. The molecule has 0 fully saturated rings. The lowest BCUT2D eigenvalue weighted by Gasteiger charge is -2.33. The van der Waals surface area contributed by atoms with Crippen molar-refractivity contribution in [2.45, 2.75) is 65.5 Å². The van der Waals surface area contributed by atoms with E-state index in [1.54, 1.807) is 0 Å². The Bertz CT molecular complexity index is 2020. The summed E-state index contributed by atoms with van der Waals surface area (Å²) in [5.74, 6) is -0.427. The molecule has 2 heterocycles. The highest BCUT2D eigenvalue weighted by Gasteiger charge is 2.37. The Morgan fingerprint density at radius 2 is 0.950 bits per heavy atom.